The molecule has 6 heteroatoms. The molecule has 0 aromatic carbocycles. The van der Waals surface area contributed by atoms with E-state index in [-0.39, 0.29) is 17.7 Å². The summed E-state index contributed by atoms with van der Waals surface area (Å²) in [7, 11) is 0. The van der Waals surface area contributed by atoms with Crippen LogP contribution in [-0.2, 0) is 11.3 Å². The van der Waals surface area contributed by atoms with E-state index >= 15 is 0 Å². The number of hydrogen-bond donors (Lipinski definition) is 0. The molecule has 0 aliphatic carbocycles. The molecule has 0 radical (unpaired) electrons. The van der Waals surface area contributed by atoms with Gasteiger partial charge < -0.3 is 9.42 Å². The molecule has 0 bridgehead atoms. The first kappa shape index (κ1) is 13.3. The van der Waals surface area contributed by atoms with E-state index in [4.69, 9.17) is 4.52 Å². The fourth-order valence-corrected chi connectivity index (χ4v) is 3.05. The molecule has 2 aromatic rings. The van der Waals surface area contributed by atoms with Crippen molar-refractivity contribution in [1.29, 1.82) is 0 Å². The molecule has 0 spiro atoms. The summed E-state index contributed by atoms with van der Waals surface area (Å²) in [6.45, 7) is 5.39. The second-order valence-electron chi connectivity index (χ2n) is 5.40. The third kappa shape index (κ3) is 2.60. The predicted octanol–water partition coefficient (Wildman–Crippen LogP) is 2.77. The highest BCUT2D eigenvalue weighted by Crippen LogP contribution is 2.29. The third-order valence-corrected chi connectivity index (χ3v) is 4.33. The van der Waals surface area contributed by atoms with Gasteiger partial charge >= 0.3 is 0 Å². The highest BCUT2D eigenvalue weighted by atomic mass is 32.1. The maximum atomic E-state index is 12.1. The number of carbonyl (C=O) groups is 1. The van der Waals surface area contributed by atoms with E-state index in [1.165, 1.54) is 4.88 Å². The summed E-state index contributed by atoms with van der Waals surface area (Å²) in [6.07, 6.45) is 0.463. The SMILES string of the molecule is CC(C)c1noc([C@H]2CC(=O)N(Cc3cccs3)C2)n1. The fourth-order valence-electron chi connectivity index (χ4n) is 2.33. The number of nitrogens with zero attached hydrogens (tertiary/aromatic N) is 3. The molecule has 106 valence electrons. The molecule has 2 aromatic heterocycles. The van der Waals surface area contributed by atoms with Crippen molar-refractivity contribution in [3.63, 3.8) is 0 Å². The number of carbonyl (C=O) groups excluding carboxylic acids is 1. The molecule has 1 atom stereocenters. The minimum atomic E-state index is 0.0301. The Bertz CT molecular complexity index is 591. The van der Waals surface area contributed by atoms with Gasteiger partial charge in [-0.2, -0.15) is 4.98 Å². The van der Waals surface area contributed by atoms with Crippen LogP contribution in [0.5, 0.6) is 0 Å². The van der Waals surface area contributed by atoms with E-state index in [0.29, 0.717) is 31.2 Å². The van der Waals surface area contributed by atoms with E-state index in [0.717, 1.165) is 0 Å². The molecule has 5 nitrogen and oxygen atoms in total. The summed E-state index contributed by atoms with van der Waals surface area (Å²) in [5.41, 5.74) is 0. The van der Waals surface area contributed by atoms with Gasteiger partial charge in [0.15, 0.2) is 5.82 Å². The number of rotatable bonds is 4. The minimum Gasteiger partial charge on any atom is -0.339 e. The van der Waals surface area contributed by atoms with Gasteiger partial charge in [0.25, 0.3) is 0 Å². The quantitative estimate of drug-likeness (QED) is 0.869. The van der Waals surface area contributed by atoms with Gasteiger partial charge in [-0.3, -0.25) is 4.79 Å². The van der Waals surface area contributed by atoms with Gasteiger partial charge in [-0.15, -0.1) is 11.3 Å². The maximum absolute atomic E-state index is 12.1. The van der Waals surface area contributed by atoms with Crippen molar-refractivity contribution in [2.24, 2.45) is 0 Å². The summed E-state index contributed by atoms with van der Waals surface area (Å²) < 4.78 is 5.30. The van der Waals surface area contributed by atoms with Crippen LogP contribution in [0, 0.1) is 0 Å². The van der Waals surface area contributed by atoms with Crippen LogP contribution in [0.25, 0.3) is 0 Å². The van der Waals surface area contributed by atoms with Gasteiger partial charge in [0.05, 0.1) is 12.5 Å². The predicted molar refractivity (Wildman–Crippen MR) is 75.5 cm³/mol. The first-order valence-corrected chi connectivity index (χ1v) is 7.65. The molecule has 20 heavy (non-hydrogen) atoms. The maximum Gasteiger partial charge on any atom is 0.232 e. The molecule has 3 rings (SSSR count). The molecular weight excluding hydrogens is 274 g/mol. The van der Waals surface area contributed by atoms with Crippen molar-refractivity contribution in [2.75, 3.05) is 6.54 Å². The Balaban J connectivity index is 1.69. The van der Waals surface area contributed by atoms with Crippen LogP contribution in [0.4, 0.5) is 0 Å². The molecule has 1 saturated heterocycles. The number of aromatic nitrogens is 2. The van der Waals surface area contributed by atoms with E-state index < -0.39 is 0 Å². The lowest BCUT2D eigenvalue weighted by Crippen LogP contribution is -2.23. The molecule has 0 unspecified atom stereocenters. The Morgan fingerprint density at radius 1 is 1.55 bits per heavy atom. The second-order valence-corrected chi connectivity index (χ2v) is 6.43. The Morgan fingerprint density at radius 3 is 3.05 bits per heavy atom. The normalized spacial score (nSPS) is 19.2. The molecular formula is C14H17N3O2S. The average molecular weight is 291 g/mol. The van der Waals surface area contributed by atoms with Gasteiger partial charge in [0.2, 0.25) is 11.8 Å². The molecule has 0 N–H and O–H groups in total. The van der Waals surface area contributed by atoms with Crippen molar-refractivity contribution in [3.8, 4) is 0 Å². The smallest absolute Gasteiger partial charge is 0.232 e. The summed E-state index contributed by atoms with van der Waals surface area (Å²) in [5.74, 6) is 1.74. The van der Waals surface area contributed by atoms with Gasteiger partial charge in [-0.1, -0.05) is 25.1 Å². The fraction of sp³-hybridized carbons (Fsp3) is 0.500. The van der Waals surface area contributed by atoms with Gasteiger partial charge in [-0.25, -0.2) is 0 Å². The zero-order valence-electron chi connectivity index (χ0n) is 11.6. The van der Waals surface area contributed by atoms with Crippen molar-refractivity contribution in [3.05, 3.63) is 34.1 Å². The van der Waals surface area contributed by atoms with Crippen molar-refractivity contribution < 1.29 is 9.32 Å². The lowest BCUT2D eigenvalue weighted by Gasteiger charge is -2.14. The Morgan fingerprint density at radius 2 is 2.40 bits per heavy atom. The lowest BCUT2D eigenvalue weighted by atomic mass is 10.1. The molecule has 0 saturated carbocycles. The zero-order chi connectivity index (χ0) is 14.1. The van der Waals surface area contributed by atoms with Gasteiger partial charge in [0, 0.05) is 23.8 Å². The van der Waals surface area contributed by atoms with Crippen LogP contribution in [-0.4, -0.2) is 27.5 Å². The minimum absolute atomic E-state index is 0.0301. The molecule has 1 aliphatic rings. The first-order chi connectivity index (χ1) is 9.63. The van der Waals surface area contributed by atoms with Crippen LogP contribution in [0.2, 0.25) is 0 Å². The van der Waals surface area contributed by atoms with E-state index in [1.54, 1.807) is 11.3 Å². The van der Waals surface area contributed by atoms with E-state index in [1.807, 2.05) is 30.2 Å². The van der Waals surface area contributed by atoms with Crippen LogP contribution in [0.15, 0.2) is 22.0 Å². The van der Waals surface area contributed by atoms with Crippen molar-refractivity contribution in [1.82, 2.24) is 15.0 Å². The summed E-state index contributed by atoms with van der Waals surface area (Å²) in [6, 6.07) is 4.06. The average Bonchev–Trinajstić information content (AvgIpc) is 3.12. The lowest BCUT2D eigenvalue weighted by molar-refractivity contribution is -0.128. The number of hydrogen-bond acceptors (Lipinski definition) is 5. The van der Waals surface area contributed by atoms with E-state index in [9.17, 15) is 4.79 Å². The molecule has 3 heterocycles. The Hall–Kier alpha value is -1.69. The Kier molecular flexibility index (Phi) is 3.56. The second kappa shape index (κ2) is 5.36. The van der Waals surface area contributed by atoms with Crippen LogP contribution < -0.4 is 0 Å². The van der Waals surface area contributed by atoms with Crippen LogP contribution in [0.1, 0.15) is 48.7 Å². The largest absolute Gasteiger partial charge is 0.339 e. The topological polar surface area (TPSA) is 59.2 Å². The summed E-state index contributed by atoms with van der Waals surface area (Å²) in [4.78, 5) is 19.5. The molecule has 1 amide bonds. The highest BCUT2D eigenvalue weighted by molar-refractivity contribution is 7.09. The highest BCUT2D eigenvalue weighted by Gasteiger charge is 2.34. The van der Waals surface area contributed by atoms with Crippen molar-refractivity contribution in [2.45, 2.75) is 38.6 Å². The zero-order valence-corrected chi connectivity index (χ0v) is 12.4. The standard InChI is InChI=1S/C14H17N3O2S/c1-9(2)13-15-14(19-16-13)10-6-12(18)17(7-10)8-11-4-3-5-20-11/h3-5,9-10H,6-8H2,1-2H3/t10-/m0/s1. The van der Waals surface area contributed by atoms with Gasteiger partial charge in [0.1, 0.15) is 0 Å². The third-order valence-electron chi connectivity index (χ3n) is 3.46. The Labute approximate surface area is 121 Å². The number of amides is 1. The number of thiophene rings is 1. The van der Waals surface area contributed by atoms with Gasteiger partial charge in [-0.05, 0) is 11.4 Å². The van der Waals surface area contributed by atoms with Crippen LogP contribution >= 0.6 is 11.3 Å². The number of likely N-dealkylation sites (tertiary alicyclic amines) is 1. The van der Waals surface area contributed by atoms with Crippen molar-refractivity contribution >= 4 is 17.2 Å². The monoisotopic (exact) mass is 291 g/mol. The molecule has 1 fully saturated rings. The first-order valence-electron chi connectivity index (χ1n) is 6.77. The van der Waals surface area contributed by atoms with E-state index in [2.05, 4.69) is 16.2 Å². The summed E-state index contributed by atoms with van der Waals surface area (Å²) in [5, 5.41) is 6.00. The molecule has 1 aliphatic heterocycles. The van der Waals surface area contributed by atoms with Crippen LogP contribution in [0.3, 0.4) is 0 Å². The summed E-state index contributed by atoms with van der Waals surface area (Å²) >= 11 is 1.67.